The van der Waals surface area contributed by atoms with Gasteiger partial charge < -0.3 is 18.6 Å². The fraction of sp³-hybridized carbons (Fsp3) is 0.833. The fourth-order valence-electron chi connectivity index (χ4n) is 0.378. The Morgan fingerprint density at radius 2 is 1.50 bits per heavy atom. The van der Waals surface area contributed by atoms with Gasteiger partial charge in [-0.25, -0.2) is 0 Å². The standard InChI is InChI=1S/C7H15O.C5H11.W/c1-5-6-8-7(2,3)4;1-4-5(2)3;/h1,5-6H2,2-4H3;5H,1,4H2,2-3H3;/q2*-1;+2. The minimum Gasteiger partial charge on any atom is -0.379 e. The van der Waals surface area contributed by atoms with E-state index in [1.165, 1.54) is 0 Å². The Labute approximate surface area is 105 Å². The van der Waals surface area contributed by atoms with Crippen LogP contribution in [0.25, 0.3) is 0 Å². The average molecular weight is 370 g/mol. The van der Waals surface area contributed by atoms with Crippen LogP contribution in [0.3, 0.4) is 0 Å². The van der Waals surface area contributed by atoms with Crippen LogP contribution in [0.15, 0.2) is 0 Å². The van der Waals surface area contributed by atoms with Gasteiger partial charge in [0.2, 0.25) is 0 Å². The molecule has 0 aliphatic carbocycles. The van der Waals surface area contributed by atoms with Crippen LogP contribution >= 0.6 is 0 Å². The van der Waals surface area contributed by atoms with Gasteiger partial charge in [0.1, 0.15) is 0 Å². The van der Waals surface area contributed by atoms with E-state index in [0.29, 0.717) is 0 Å². The van der Waals surface area contributed by atoms with Crippen LogP contribution < -0.4 is 0 Å². The van der Waals surface area contributed by atoms with Gasteiger partial charge >= 0.3 is 21.1 Å². The van der Waals surface area contributed by atoms with Crippen LogP contribution in [-0.2, 0) is 25.8 Å². The summed E-state index contributed by atoms with van der Waals surface area (Å²) in [6.45, 7) is 18.6. The van der Waals surface area contributed by atoms with E-state index in [9.17, 15) is 0 Å². The Balaban J connectivity index is -0.000000177. The molecule has 0 atom stereocenters. The number of hydrogen-bond acceptors (Lipinski definition) is 1. The van der Waals surface area contributed by atoms with Crippen molar-refractivity contribution in [3.8, 4) is 0 Å². The molecule has 0 amide bonds. The van der Waals surface area contributed by atoms with E-state index in [4.69, 9.17) is 4.74 Å². The summed E-state index contributed by atoms with van der Waals surface area (Å²) in [6, 6.07) is 0. The first-order valence-electron chi connectivity index (χ1n) is 5.06. The zero-order valence-electron chi connectivity index (χ0n) is 10.4. The number of rotatable bonds is 3. The molecule has 1 nitrogen and oxygen atoms in total. The molecule has 0 aromatic heterocycles. The smallest absolute Gasteiger partial charge is 0.379 e. The molecule has 0 radical (unpaired) electrons. The predicted molar refractivity (Wildman–Crippen MR) is 60.5 cm³/mol. The molecule has 0 rings (SSSR count). The number of hydrogen-bond donors (Lipinski definition) is 0. The molecule has 0 spiro atoms. The summed E-state index contributed by atoms with van der Waals surface area (Å²) in [7, 11) is 0. The van der Waals surface area contributed by atoms with Crippen molar-refractivity contribution in [2.45, 2.75) is 53.1 Å². The number of ether oxygens (including phenoxy) is 1. The van der Waals surface area contributed by atoms with Crippen molar-refractivity contribution < 1.29 is 25.8 Å². The normalized spacial score (nSPS) is 10.3. The first-order valence-corrected chi connectivity index (χ1v) is 5.06. The Morgan fingerprint density at radius 1 is 1.14 bits per heavy atom. The Hall–Kier alpha value is 0.648. The van der Waals surface area contributed by atoms with Gasteiger partial charge in [-0.2, -0.15) is 12.8 Å². The molecule has 0 aliphatic heterocycles. The summed E-state index contributed by atoms with van der Waals surface area (Å²) in [4.78, 5) is 0. The van der Waals surface area contributed by atoms with Gasteiger partial charge in [-0.05, 0) is 20.8 Å². The maximum atomic E-state index is 5.32. The molecule has 0 fully saturated rings. The van der Waals surface area contributed by atoms with Crippen molar-refractivity contribution in [1.29, 1.82) is 0 Å². The summed E-state index contributed by atoms with van der Waals surface area (Å²) >= 11 is 0. The minimum atomic E-state index is 0. The third-order valence-electron chi connectivity index (χ3n) is 1.26. The van der Waals surface area contributed by atoms with E-state index in [0.717, 1.165) is 25.4 Å². The summed E-state index contributed by atoms with van der Waals surface area (Å²) in [5, 5.41) is 0. The molecule has 0 saturated carbocycles. The Kier molecular flexibility index (Phi) is 16.8. The van der Waals surface area contributed by atoms with E-state index in [2.05, 4.69) is 27.7 Å². The van der Waals surface area contributed by atoms with Crippen LogP contribution in [0.2, 0.25) is 0 Å². The molecule has 14 heavy (non-hydrogen) atoms. The molecule has 0 bridgehead atoms. The van der Waals surface area contributed by atoms with Crippen LogP contribution in [0.1, 0.15) is 47.5 Å². The van der Waals surface area contributed by atoms with E-state index in [-0.39, 0.29) is 26.7 Å². The molecule has 0 heterocycles. The van der Waals surface area contributed by atoms with Crippen LogP contribution in [0.5, 0.6) is 0 Å². The van der Waals surface area contributed by atoms with Crippen molar-refractivity contribution in [2.75, 3.05) is 6.61 Å². The van der Waals surface area contributed by atoms with Gasteiger partial charge in [0.05, 0.1) is 5.60 Å². The van der Waals surface area contributed by atoms with Crippen LogP contribution in [0, 0.1) is 19.8 Å². The van der Waals surface area contributed by atoms with E-state index >= 15 is 0 Å². The summed E-state index contributed by atoms with van der Waals surface area (Å²) in [5.74, 6) is 0.773. The summed E-state index contributed by atoms with van der Waals surface area (Å²) < 4.78 is 5.32. The average Bonchev–Trinajstić information content (AvgIpc) is 2.00. The minimum absolute atomic E-state index is 0. The maximum absolute atomic E-state index is 5.32. The summed E-state index contributed by atoms with van der Waals surface area (Å²) in [6.07, 6.45) is 1.91. The SMILES string of the molecule is [CH2-]CC(C)C.[CH2-]CCOC(C)(C)C.[W+2]. The molecule has 0 aromatic rings. The second-order valence-electron chi connectivity index (χ2n) is 4.50. The molecule has 0 saturated heterocycles. The van der Waals surface area contributed by atoms with Crippen molar-refractivity contribution in [1.82, 2.24) is 0 Å². The second-order valence-corrected chi connectivity index (χ2v) is 4.50. The monoisotopic (exact) mass is 370 g/mol. The van der Waals surface area contributed by atoms with Gasteiger partial charge in [0.15, 0.2) is 0 Å². The predicted octanol–water partition coefficient (Wildman–Crippen LogP) is 3.89. The zero-order valence-corrected chi connectivity index (χ0v) is 13.4. The molecule has 2 heteroatoms. The van der Waals surface area contributed by atoms with E-state index in [1.54, 1.807) is 0 Å². The largest absolute Gasteiger partial charge is 2.00 e. The van der Waals surface area contributed by atoms with E-state index < -0.39 is 0 Å². The third kappa shape index (κ3) is 29.3. The molecule has 0 unspecified atom stereocenters. The fourth-order valence-corrected chi connectivity index (χ4v) is 0.378. The van der Waals surface area contributed by atoms with Crippen molar-refractivity contribution >= 4 is 0 Å². The molecule has 0 aliphatic rings. The van der Waals surface area contributed by atoms with Gasteiger partial charge in [-0.1, -0.05) is 19.8 Å². The van der Waals surface area contributed by atoms with Gasteiger partial charge in [-0.15, -0.1) is 0 Å². The van der Waals surface area contributed by atoms with E-state index in [1.807, 2.05) is 20.8 Å². The van der Waals surface area contributed by atoms with Gasteiger partial charge in [-0.3, -0.25) is 0 Å². The Bertz CT molecular complexity index is 95.0. The van der Waals surface area contributed by atoms with Crippen molar-refractivity contribution in [2.24, 2.45) is 5.92 Å². The molecule has 86 valence electrons. The molecular weight excluding hydrogens is 344 g/mol. The second kappa shape index (κ2) is 11.7. The Morgan fingerprint density at radius 3 is 1.57 bits per heavy atom. The molecule has 0 N–H and O–H groups in total. The van der Waals surface area contributed by atoms with Crippen LogP contribution in [0.4, 0.5) is 0 Å². The summed E-state index contributed by atoms with van der Waals surface area (Å²) in [5.41, 5.74) is 0.0116. The first kappa shape index (κ1) is 20.1. The maximum Gasteiger partial charge on any atom is 2.00 e. The molecular formula is C12H26OW. The zero-order chi connectivity index (χ0) is 10.9. The van der Waals surface area contributed by atoms with Crippen LogP contribution in [-0.4, -0.2) is 12.2 Å². The van der Waals surface area contributed by atoms with Gasteiger partial charge in [0.25, 0.3) is 0 Å². The topological polar surface area (TPSA) is 9.23 Å². The van der Waals surface area contributed by atoms with Gasteiger partial charge in [0, 0.05) is 6.61 Å². The first-order chi connectivity index (χ1) is 5.83. The third-order valence-corrected chi connectivity index (χ3v) is 1.26. The van der Waals surface area contributed by atoms with Crippen molar-refractivity contribution in [3.05, 3.63) is 13.8 Å². The quantitative estimate of drug-likeness (QED) is 0.685. The van der Waals surface area contributed by atoms with Crippen molar-refractivity contribution in [3.63, 3.8) is 0 Å². The molecule has 0 aromatic carbocycles.